The van der Waals surface area contributed by atoms with E-state index in [0.29, 0.717) is 12.1 Å². The number of piperazine rings is 1. The quantitative estimate of drug-likeness (QED) is 0.627. The van der Waals surface area contributed by atoms with Crippen molar-refractivity contribution < 1.29 is 0 Å². The van der Waals surface area contributed by atoms with Crippen molar-refractivity contribution in [1.82, 2.24) is 19.9 Å². The summed E-state index contributed by atoms with van der Waals surface area (Å²) in [5.74, 6) is 2.16. The molecule has 2 unspecified atom stereocenters. The van der Waals surface area contributed by atoms with Gasteiger partial charge in [-0.1, -0.05) is 11.8 Å². The van der Waals surface area contributed by atoms with E-state index in [2.05, 4.69) is 44.7 Å². The summed E-state index contributed by atoms with van der Waals surface area (Å²) in [6, 6.07) is 3.09. The van der Waals surface area contributed by atoms with Crippen LogP contribution in [0, 0.1) is 20.8 Å². The Balaban J connectivity index is 1.58. The third kappa shape index (κ3) is 2.51. The minimum Gasteiger partial charge on any atom is -0.352 e. The van der Waals surface area contributed by atoms with Gasteiger partial charge in [-0.05, 0) is 33.4 Å². The molecule has 0 saturated carbocycles. The SMILES string of the molecule is CSc1nc(C)c(C)c(N2CC3CC(C2)N3c2cc(C)ncn2)n1. The first-order chi connectivity index (χ1) is 11.6. The number of piperidine rings is 1. The van der Waals surface area contributed by atoms with Crippen molar-refractivity contribution >= 4 is 23.4 Å². The Kier molecular flexibility index (Phi) is 3.83. The highest BCUT2D eigenvalue weighted by Gasteiger charge is 2.46. The van der Waals surface area contributed by atoms with E-state index < -0.39 is 0 Å². The van der Waals surface area contributed by atoms with Crippen molar-refractivity contribution in [3.05, 3.63) is 29.3 Å². The normalized spacial score (nSPS) is 22.5. The summed E-state index contributed by atoms with van der Waals surface area (Å²) in [5, 5.41) is 0.857. The lowest BCUT2D eigenvalue weighted by atomic mass is 9.87. The van der Waals surface area contributed by atoms with Gasteiger partial charge in [-0.25, -0.2) is 19.9 Å². The predicted octanol–water partition coefficient (Wildman–Crippen LogP) is 2.38. The van der Waals surface area contributed by atoms with Crippen molar-refractivity contribution in [2.24, 2.45) is 0 Å². The molecular weight excluding hydrogens is 320 g/mol. The number of anilines is 2. The van der Waals surface area contributed by atoms with E-state index in [1.54, 1.807) is 18.1 Å². The molecule has 126 valence electrons. The Morgan fingerprint density at radius 3 is 2.50 bits per heavy atom. The van der Waals surface area contributed by atoms with Gasteiger partial charge in [0.05, 0.1) is 12.1 Å². The molecule has 7 heteroatoms. The fraction of sp³-hybridized carbons (Fsp3) is 0.529. The molecule has 2 atom stereocenters. The summed E-state index contributed by atoms with van der Waals surface area (Å²) in [6.07, 6.45) is 4.93. The molecule has 2 bridgehead atoms. The summed E-state index contributed by atoms with van der Waals surface area (Å²) in [4.78, 5) is 22.9. The van der Waals surface area contributed by atoms with Gasteiger partial charge < -0.3 is 9.80 Å². The number of fused-ring (bicyclic) bond motifs is 2. The van der Waals surface area contributed by atoms with Crippen LogP contribution in [-0.4, -0.2) is 51.4 Å². The van der Waals surface area contributed by atoms with Crippen LogP contribution in [0.25, 0.3) is 0 Å². The summed E-state index contributed by atoms with van der Waals surface area (Å²) < 4.78 is 0. The highest BCUT2D eigenvalue weighted by atomic mass is 32.2. The minimum absolute atomic E-state index is 0.505. The largest absolute Gasteiger partial charge is 0.352 e. The van der Waals surface area contributed by atoms with E-state index in [9.17, 15) is 0 Å². The monoisotopic (exact) mass is 342 g/mol. The maximum Gasteiger partial charge on any atom is 0.189 e. The Hall–Kier alpha value is -1.89. The first-order valence-corrected chi connectivity index (χ1v) is 9.50. The molecule has 0 N–H and O–H groups in total. The van der Waals surface area contributed by atoms with Gasteiger partial charge in [0, 0.05) is 36.1 Å². The molecule has 0 spiro atoms. The van der Waals surface area contributed by atoms with Crippen LogP contribution in [0.1, 0.15) is 23.4 Å². The zero-order chi connectivity index (χ0) is 16.8. The molecule has 3 aliphatic heterocycles. The third-order valence-corrected chi connectivity index (χ3v) is 5.62. The summed E-state index contributed by atoms with van der Waals surface area (Å²) in [5.41, 5.74) is 3.29. The molecule has 5 rings (SSSR count). The lowest BCUT2D eigenvalue weighted by Crippen LogP contribution is -2.69. The van der Waals surface area contributed by atoms with E-state index in [-0.39, 0.29) is 0 Å². The van der Waals surface area contributed by atoms with Gasteiger partial charge in [-0.15, -0.1) is 0 Å². The van der Waals surface area contributed by atoms with Crippen LogP contribution in [0.5, 0.6) is 0 Å². The first-order valence-electron chi connectivity index (χ1n) is 8.28. The van der Waals surface area contributed by atoms with Crippen LogP contribution >= 0.6 is 11.8 Å². The van der Waals surface area contributed by atoms with Gasteiger partial charge in [0.15, 0.2) is 5.16 Å². The first kappa shape index (κ1) is 15.6. The lowest BCUT2D eigenvalue weighted by molar-refractivity contribution is 0.287. The molecular formula is C17H22N6S. The van der Waals surface area contributed by atoms with E-state index in [0.717, 1.165) is 41.3 Å². The summed E-state index contributed by atoms with van der Waals surface area (Å²) in [6.45, 7) is 8.20. The lowest BCUT2D eigenvalue weighted by Gasteiger charge is -2.57. The number of aryl methyl sites for hydroxylation is 2. The van der Waals surface area contributed by atoms with Crippen molar-refractivity contribution in [1.29, 1.82) is 0 Å². The van der Waals surface area contributed by atoms with Gasteiger partial charge in [0.1, 0.15) is 18.0 Å². The number of nitrogens with zero attached hydrogens (tertiary/aromatic N) is 6. The van der Waals surface area contributed by atoms with Gasteiger partial charge >= 0.3 is 0 Å². The fourth-order valence-electron chi connectivity index (χ4n) is 3.73. The van der Waals surface area contributed by atoms with Crippen molar-refractivity contribution in [3.8, 4) is 0 Å². The van der Waals surface area contributed by atoms with Gasteiger partial charge in [-0.3, -0.25) is 0 Å². The molecule has 3 saturated heterocycles. The molecule has 0 aromatic carbocycles. The van der Waals surface area contributed by atoms with Crippen LogP contribution < -0.4 is 9.80 Å². The molecule has 3 aliphatic rings. The van der Waals surface area contributed by atoms with E-state index in [1.807, 2.05) is 13.2 Å². The fourth-order valence-corrected chi connectivity index (χ4v) is 4.13. The maximum absolute atomic E-state index is 4.78. The molecule has 5 heterocycles. The molecule has 3 fully saturated rings. The van der Waals surface area contributed by atoms with Crippen molar-refractivity contribution in [2.75, 3.05) is 29.1 Å². The molecule has 24 heavy (non-hydrogen) atoms. The number of hydrogen-bond acceptors (Lipinski definition) is 7. The molecule has 2 aromatic heterocycles. The minimum atomic E-state index is 0.505. The van der Waals surface area contributed by atoms with Gasteiger partial charge in [0.2, 0.25) is 0 Å². The second-order valence-corrected chi connectivity index (χ2v) is 7.39. The molecule has 6 nitrogen and oxygen atoms in total. The van der Waals surface area contributed by atoms with Gasteiger partial charge in [-0.2, -0.15) is 0 Å². The highest BCUT2D eigenvalue weighted by molar-refractivity contribution is 7.98. The van der Waals surface area contributed by atoms with Crippen LogP contribution in [0.2, 0.25) is 0 Å². The Labute approximate surface area is 146 Å². The maximum atomic E-state index is 4.78. The van der Waals surface area contributed by atoms with Crippen molar-refractivity contribution in [3.63, 3.8) is 0 Å². The average Bonchev–Trinajstić information content (AvgIpc) is 2.57. The molecule has 0 radical (unpaired) electrons. The van der Waals surface area contributed by atoms with Crippen LogP contribution in [0.4, 0.5) is 11.6 Å². The topological polar surface area (TPSA) is 58.0 Å². The number of hydrogen-bond donors (Lipinski definition) is 0. The molecule has 0 amide bonds. The molecule has 2 aromatic rings. The van der Waals surface area contributed by atoms with E-state index in [4.69, 9.17) is 4.98 Å². The second-order valence-electron chi connectivity index (χ2n) is 6.62. The van der Waals surface area contributed by atoms with Crippen LogP contribution in [0.15, 0.2) is 17.6 Å². The van der Waals surface area contributed by atoms with Gasteiger partial charge in [0.25, 0.3) is 0 Å². The Morgan fingerprint density at radius 2 is 1.83 bits per heavy atom. The van der Waals surface area contributed by atoms with E-state index in [1.165, 1.54) is 12.0 Å². The second kappa shape index (κ2) is 5.88. The molecule has 0 aliphatic carbocycles. The smallest absolute Gasteiger partial charge is 0.189 e. The van der Waals surface area contributed by atoms with Crippen molar-refractivity contribution in [2.45, 2.75) is 44.4 Å². The Morgan fingerprint density at radius 1 is 1.08 bits per heavy atom. The van der Waals surface area contributed by atoms with Crippen LogP contribution in [0.3, 0.4) is 0 Å². The zero-order valence-electron chi connectivity index (χ0n) is 14.5. The standard InChI is InChI=1S/C17H22N6S/c1-10-5-15(19-9-18-10)23-13-6-14(23)8-22(7-13)16-11(2)12(3)20-17(21-16)24-4/h5,9,13-14H,6-8H2,1-4H3. The summed E-state index contributed by atoms with van der Waals surface area (Å²) >= 11 is 1.60. The highest BCUT2D eigenvalue weighted by Crippen LogP contribution is 2.38. The van der Waals surface area contributed by atoms with Crippen LogP contribution in [-0.2, 0) is 0 Å². The zero-order valence-corrected chi connectivity index (χ0v) is 15.3. The number of aromatic nitrogens is 4. The number of thioether (sulfide) groups is 1. The number of rotatable bonds is 3. The van der Waals surface area contributed by atoms with E-state index >= 15 is 0 Å². The summed E-state index contributed by atoms with van der Waals surface area (Å²) in [7, 11) is 0. The Bertz CT molecular complexity index is 768. The third-order valence-electron chi connectivity index (χ3n) is 5.07. The predicted molar refractivity (Wildman–Crippen MR) is 96.9 cm³/mol. The average molecular weight is 342 g/mol.